The van der Waals surface area contributed by atoms with Gasteiger partial charge in [0.1, 0.15) is 0 Å². The van der Waals surface area contributed by atoms with Crippen molar-refractivity contribution in [1.29, 1.82) is 0 Å². The fraction of sp³-hybridized carbons (Fsp3) is 0.579. The van der Waals surface area contributed by atoms with Crippen LogP contribution >= 0.6 is 0 Å². The van der Waals surface area contributed by atoms with Crippen LogP contribution in [0.4, 0.5) is 0 Å². The van der Waals surface area contributed by atoms with Crippen molar-refractivity contribution >= 4 is 11.9 Å². The minimum atomic E-state index is -0.251. The Labute approximate surface area is 137 Å². The van der Waals surface area contributed by atoms with Crippen LogP contribution < -0.4 is 5.32 Å². The Bertz CT molecular complexity index is 563. The van der Waals surface area contributed by atoms with Crippen LogP contribution in [0.2, 0.25) is 0 Å². The molecule has 1 spiro atoms. The Morgan fingerprint density at radius 1 is 1.22 bits per heavy atom. The molecule has 0 aromatic heterocycles. The summed E-state index contributed by atoms with van der Waals surface area (Å²) in [6.45, 7) is 2.21. The van der Waals surface area contributed by atoms with E-state index in [1.807, 2.05) is 37.3 Å². The highest BCUT2D eigenvalue weighted by atomic mass is 16.5. The Balaban J connectivity index is 1.92. The van der Waals surface area contributed by atoms with Gasteiger partial charge in [0.15, 0.2) is 0 Å². The molecule has 1 amide bonds. The maximum Gasteiger partial charge on any atom is 0.306 e. The van der Waals surface area contributed by atoms with Crippen molar-refractivity contribution in [1.82, 2.24) is 5.32 Å². The SMILES string of the molecule is CCOC(=O)C[C@@H]1[C@H](c2ccccc2)C(=O)NC12CCCCC2. The summed E-state index contributed by atoms with van der Waals surface area (Å²) >= 11 is 0. The van der Waals surface area contributed by atoms with Gasteiger partial charge in [-0.3, -0.25) is 9.59 Å². The number of rotatable bonds is 4. The third kappa shape index (κ3) is 3.12. The van der Waals surface area contributed by atoms with E-state index in [4.69, 9.17) is 4.74 Å². The monoisotopic (exact) mass is 315 g/mol. The first kappa shape index (κ1) is 16.0. The maximum absolute atomic E-state index is 12.7. The summed E-state index contributed by atoms with van der Waals surface area (Å²) in [6.07, 6.45) is 5.67. The van der Waals surface area contributed by atoms with Gasteiger partial charge in [-0.25, -0.2) is 0 Å². The molecule has 0 radical (unpaired) electrons. The number of nitrogens with one attached hydrogen (secondary N) is 1. The van der Waals surface area contributed by atoms with Crippen molar-refractivity contribution in [2.75, 3.05) is 6.61 Å². The van der Waals surface area contributed by atoms with E-state index >= 15 is 0 Å². The summed E-state index contributed by atoms with van der Waals surface area (Å²) in [5, 5.41) is 3.27. The lowest BCUT2D eigenvalue weighted by Crippen LogP contribution is -2.48. The molecule has 2 fully saturated rings. The van der Waals surface area contributed by atoms with Crippen LogP contribution in [0.3, 0.4) is 0 Å². The van der Waals surface area contributed by atoms with Gasteiger partial charge in [-0.2, -0.15) is 0 Å². The van der Waals surface area contributed by atoms with Gasteiger partial charge in [-0.1, -0.05) is 49.6 Å². The van der Waals surface area contributed by atoms with Crippen LogP contribution in [0, 0.1) is 5.92 Å². The molecular formula is C19H25NO3. The molecule has 2 aliphatic rings. The van der Waals surface area contributed by atoms with E-state index in [2.05, 4.69) is 5.32 Å². The van der Waals surface area contributed by atoms with Gasteiger partial charge >= 0.3 is 5.97 Å². The highest BCUT2D eigenvalue weighted by molar-refractivity contribution is 5.89. The summed E-state index contributed by atoms with van der Waals surface area (Å²) in [5.41, 5.74) is 0.768. The van der Waals surface area contributed by atoms with Crippen molar-refractivity contribution in [3.05, 3.63) is 35.9 Å². The third-order valence-corrected chi connectivity index (χ3v) is 5.36. The lowest BCUT2D eigenvalue weighted by atomic mass is 9.68. The molecule has 2 atom stereocenters. The van der Waals surface area contributed by atoms with Crippen molar-refractivity contribution in [3.63, 3.8) is 0 Å². The number of hydrogen-bond donors (Lipinski definition) is 1. The minimum absolute atomic E-state index is 0.0169. The smallest absolute Gasteiger partial charge is 0.306 e. The van der Waals surface area contributed by atoms with Crippen LogP contribution in [0.15, 0.2) is 30.3 Å². The zero-order chi connectivity index (χ0) is 16.3. The zero-order valence-electron chi connectivity index (χ0n) is 13.7. The van der Waals surface area contributed by atoms with E-state index in [0.717, 1.165) is 31.2 Å². The minimum Gasteiger partial charge on any atom is -0.466 e. The first-order chi connectivity index (χ1) is 11.2. The van der Waals surface area contributed by atoms with E-state index < -0.39 is 0 Å². The third-order valence-electron chi connectivity index (χ3n) is 5.36. The maximum atomic E-state index is 12.7. The number of carbonyl (C=O) groups is 2. The number of amides is 1. The Kier molecular flexibility index (Phi) is 4.69. The first-order valence-corrected chi connectivity index (χ1v) is 8.69. The second-order valence-corrected chi connectivity index (χ2v) is 6.71. The average Bonchev–Trinajstić information content (AvgIpc) is 2.80. The Morgan fingerprint density at radius 2 is 1.91 bits per heavy atom. The molecule has 23 heavy (non-hydrogen) atoms. The molecular weight excluding hydrogens is 290 g/mol. The average molecular weight is 315 g/mol. The molecule has 1 aromatic rings. The van der Waals surface area contributed by atoms with Crippen molar-refractivity contribution in [3.8, 4) is 0 Å². The summed E-state index contributed by atoms with van der Waals surface area (Å²) < 4.78 is 5.18. The number of benzene rings is 1. The summed E-state index contributed by atoms with van der Waals surface area (Å²) in [7, 11) is 0. The topological polar surface area (TPSA) is 55.4 Å². The first-order valence-electron chi connectivity index (χ1n) is 8.69. The van der Waals surface area contributed by atoms with E-state index in [1.54, 1.807) is 0 Å². The quantitative estimate of drug-likeness (QED) is 0.868. The van der Waals surface area contributed by atoms with Gasteiger partial charge in [0.25, 0.3) is 0 Å². The Morgan fingerprint density at radius 3 is 2.57 bits per heavy atom. The zero-order valence-corrected chi connectivity index (χ0v) is 13.7. The second kappa shape index (κ2) is 6.73. The lowest BCUT2D eigenvalue weighted by molar-refractivity contribution is -0.145. The van der Waals surface area contributed by atoms with E-state index in [1.165, 1.54) is 6.42 Å². The van der Waals surface area contributed by atoms with Crippen LogP contribution in [-0.4, -0.2) is 24.0 Å². The molecule has 3 rings (SSSR count). The number of ether oxygens (including phenoxy) is 1. The molecule has 1 aromatic carbocycles. The fourth-order valence-corrected chi connectivity index (χ4v) is 4.35. The van der Waals surface area contributed by atoms with Gasteiger partial charge in [-0.05, 0) is 25.3 Å². The Hall–Kier alpha value is -1.84. The molecule has 0 unspecified atom stereocenters. The second-order valence-electron chi connectivity index (χ2n) is 6.71. The van der Waals surface area contributed by atoms with Gasteiger partial charge < -0.3 is 10.1 Å². The van der Waals surface area contributed by atoms with E-state index in [9.17, 15) is 9.59 Å². The summed E-state index contributed by atoms with van der Waals surface area (Å²) in [6, 6.07) is 9.84. The number of carbonyl (C=O) groups excluding carboxylic acids is 2. The predicted molar refractivity (Wildman–Crippen MR) is 87.9 cm³/mol. The molecule has 1 heterocycles. The van der Waals surface area contributed by atoms with Gasteiger partial charge in [0, 0.05) is 11.5 Å². The molecule has 1 saturated carbocycles. The molecule has 1 aliphatic carbocycles. The fourth-order valence-electron chi connectivity index (χ4n) is 4.35. The van der Waals surface area contributed by atoms with Gasteiger partial charge in [0.05, 0.1) is 18.9 Å². The molecule has 124 valence electrons. The van der Waals surface area contributed by atoms with E-state index in [-0.39, 0.29) is 29.3 Å². The predicted octanol–water partition coefficient (Wildman–Crippen LogP) is 3.17. The van der Waals surface area contributed by atoms with Crippen molar-refractivity contribution in [2.45, 2.75) is 56.9 Å². The van der Waals surface area contributed by atoms with Gasteiger partial charge in [-0.15, -0.1) is 0 Å². The molecule has 1 saturated heterocycles. The van der Waals surface area contributed by atoms with Crippen LogP contribution in [0.1, 0.15) is 56.9 Å². The van der Waals surface area contributed by atoms with Gasteiger partial charge in [0.2, 0.25) is 5.91 Å². The van der Waals surface area contributed by atoms with E-state index in [0.29, 0.717) is 13.0 Å². The lowest BCUT2D eigenvalue weighted by Gasteiger charge is -2.39. The van der Waals surface area contributed by atoms with Crippen LogP contribution in [0.25, 0.3) is 0 Å². The summed E-state index contributed by atoms with van der Waals surface area (Å²) in [4.78, 5) is 24.9. The number of esters is 1. The molecule has 0 bridgehead atoms. The molecule has 4 heteroatoms. The normalized spacial score (nSPS) is 26.0. The van der Waals surface area contributed by atoms with Crippen molar-refractivity contribution in [2.24, 2.45) is 5.92 Å². The highest BCUT2D eigenvalue weighted by Gasteiger charge is 2.54. The summed E-state index contributed by atoms with van der Waals surface area (Å²) in [5.74, 6) is -0.400. The van der Waals surface area contributed by atoms with Crippen LogP contribution in [-0.2, 0) is 14.3 Å². The molecule has 4 nitrogen and oxygen atoms in total. The van der Waals surface area contributed by atoms with Crippen LogP contribution in [0.5, 0.6) is 0 Å². The van der Waals surface area contributed by atoms with Crippen molar-refractivity contribution < 1.29 is 14.3 Å². The number of hydrogen-bond acceptors (Lipinski definition) is 3. The largest absolute Gasteiger partial charge is 0.466 e. The standard InChI is InChI=1S/C19H25NO3/c1-2-23-16(21)13-15-17(14-9-5-3-6-10-14)18(22)20-19(15)11-7-4-8-12-19/h3,5-6,9-10,15,17H,2,4,7-8,11-13H2,1H3,(H,20,22)/t15-,17+/m1/s1. The molecule has 1 aliphatic heterocycles. The highest BCUT2D eigenvalue weighted by Crippen LogP contribution is 2.48. The molecule has 1 N–H and O–H groups in total.